The maximum absolute atomic E-state index is 12.6. The van der Waals surface area contributed by atoms with Crippen molar-refractivity contribution in [3.63, 3.8) is 0 Å². The molecule has 0 bridgehead atoms. The highest BCUT2D eigenvalue weighted by atomic mass is 32.2. The van der Waals surface area contributed by atoms with Crippen molar-refractivity contribution in [3.8, 4) is 28.6 Å². The average molecular weight is 515 g/mol. The van der Waals surface area contributed by atoms with E-state index in [-0.39, 0.29) is 5.56 Å². The predicted octanol–water partition coefficient (Wildman–Crippen LogP) is 5.15. The monoisotopic (exact) mass is 514 g/mol. The SMILES string of the molecule is COc1cccc(CNc2ccc3c(c2)Sc2cccc(-c4cc(N5CCOCC5)cc(=O)[nH]4)c2O3)n1. The summed E-state index contributed by atoms with van der Waals surface area (Å²) in [6, 6.07) is 21.4. The quantitative estimate of drug-likeness (QED) is 0.322. The van der Waals surface area contributed by atoms with Gasteiger partial charge in [0, 0.05) is 42.2 Å². The number of nitrogens with zero attached hydrogens (tertiary/aromatic N) is 2. The number of morpholine rings is 1. The van der Waals surface area contributed by atoms with Crippen LogP contribution in [0.4, 0.5) is 11.4 Å². The van der Waals surface area contributed by atoms with Crippen LogP contribution in [0.5, 0.6) is 17.4 Å². The number of aromatic nitrogens is 2. The van der Waals surface area contributed by atoms with Gasteiger partial charge < -0.3 is 29.4 Å². The lowest BCUT2D eigenvalue weighted by Gasteiger charge is -2.29. The topological polar surface area (TPSA) is 88.7 Å². The van der Waals surface area contributed by atoms with Gasteiger partial charge in [-0.15, -0.1) is 0 Å². The summed E-state index contributed by atoms with van der Waals surface area (Å²) in [4.78, 5) is 24.2. The van der Waals surface area contributed by atoms with Gasteiger partial charge in [0.15, 0.2) is 5.75 Å². The van der Waals surface area contributed by atoms with Crippen molar-refractivity contribution in [2.75, 3.05) is 43.6 Å². The van der Waals surface area contributed by atoms with Crippen LogP contribution in [0, 0.1) is 0 Å². The molecule has 0 aliphatic carbocycles. The van der Waals surface area contributed by atoms with Gasteiger partial charge in [0.2, 0.25) is 11.4 Å². The van der Waals surface area contributed by atoms with Crippen molar-refractivity contribution in [3.05, 3.63) is 82.8 Å². The predicted molar refractivity (Wildman–Crippen MR) is 144 cm³/mol. The molecule has 1 saturated heterocycles. The summed E-state index contributed by atoms with van der Waals surface area (Å²) in [5.74, 6) is 2.12. The van der Waals surface area contributed by atoms with Crippen LogP contribution in [0.15, 0.2) is 81.3 Å². The molecule has 188 valence electrons. The molecule has 37 heavy (non-hydrogen) atoms. The summed E-state index contributed by atoms with van der Waals surface area (Å²) in [6.07, 6.45) is 0. The lowest BCUT2D eigenvalue weighted by atomic mass is 10.1. The van der Waals surface area contributed by atoms with Gasteiger partial charge in [-0.05, 0) is 42.5 Å². The molecule has 2 aliphatic heterocycles. The van der Waals surface area contributed by atoms with Crippen molar-refractivity contribution in [1.29, 1.82) is 0 Å². The molecule has 1 fully saturated rings. The first kappa shape index (κ1) is 23.4. The summed E-state index contributed by atoms with van der Waals surface area (Å²) in [5, 5.41) is 3.43. The molecule has 8 nitrogen and oxygen atoms in total. The highest BCUT2D eigenvalue weighted by molar-refractivity contribution is 7.99. The lowest BCUT2D eigenvalue weighted by molar-refractivity contribution is 0.122. The first-order chi connectivity index (χ1) is 18.2. The standard InChI is InChI=1S/C28H26N4O4S/c1-34-27-7-2-4-19(30-27)17-29-18-8-9-23-25(14-18)37-24-6-3-5-21(28(24)36-23)22-15-20(16-26(33)31-22)32-10-12-35-13-11-32/h2-9,14-16,29H,10-13,17H2,1H3,(H,31,33). The number of H-pyrrole nitrogens is 1. The summed E-state index contributed by atoms with van der Waals surface area (Å²) < 4.78 is 17.1. The Morgan fingerprint density at radius 1 is 1.05 bits per heavy atom. The number of methoxy groups -OCH3 is 1. The number of hydrogen-bond acceptors (Lipinski definition) is 8. The van der Waals surface area contributed by atoms with E-state index in [0.29, 0.717) is 25.6 Å². The van der Waals surface area contributed by atoms with E-state index in [1.807, 2.05) is 54.6 Å². The van der Waals surface area contributed by atoms with Gasteiger partial charge in [-0.3, -0.25) is 4.79 Å². The number of hydrogen-bond donors (Lipinski definition) is 2. The zero-order valence-corrected chi connectivity index (χ0v) is 21.1. The van der Waals surface area contributed by atoms with E-state index < -0.39 is 0 Å². The Balaban J connectivity index is 1.25. The first-order valence-electron chi connectivity index (χ1n) is 12.1. The van der Waals surface area contributed by atoms with Crippen molar-refractivity contribution < 1.29 is 14.2 Å². The Bertz CT molecular complexity index is 1500. The summed E-state index contributed by atoms with van der Waals surface area (Å²) >= 11 is 1.65. The van der Waals surface area contributed by atoms with Gasteiger partial charge >= 0.3 is 0 Å². The summed E-state index contributed by atoms with van der Waals surface area (Å²) in [5.41, 5.74) is 4.21. The van der Waals surface area contributed by atoms with Crippen LogP contribution in [0.2, 0.25) is 0 Å². The smallest absolute Gasteiger partial charge is 0.250 e. The van der Waals surface area contributed by atoms with Crippen LogP contribution in [-0.2, 0) is 11.3 Å². The molecule has 0 atom stereocenters. The molecule has 2 aromatic carbocycles. The minimum atomic E-state index is -0.137. The highest BCUT2D eigenvalue weighted by Gasteiger charge is 2.23. The molecule has 0 spiro atoms. The number of rotatable bonds is 6. The molecular formula is C28H26N4O4S. The fourth-order valence-corrected chi connectivity index (χ4v) is 5.49. The zero-order chi connectivity index (χ0) is 25.2. The van der Waals surface area contributed by atoms with E-state index in [4.69, 9.17) is 14.2 Å². The summed E-state index contributed by atoms with van der Waals surface area (Å²) in [6.45, 7) is 3.42. The van der Waals surface area contributed by atoms with E-state index in [1.54, 1.807) is 24.9 Å². The van der Waals surface area contributed by atoms with Crippen LogP contribution in [0.3, 0.4) is 0 Å². The third kappa shape index (κ3) is 5.00. The van der Waals surface area contributed by atoms with Crippen molar-refractivity contribution in [2.24, 2.45) is 0 Å². The molecule has 6 rings (SSSR count). The normalized spacial score (nSPS) is 14.4. The van der Waals surface area contributed by atoms with Gasteiger partial charge in [-0.1, -0.05) is 23.9 Å². The van der Waals surface area contributed by atoms with Gasteiger partial charge in [0.05, 0.1) is 48.0 Å². The maximum Gasteiger partial charge on any atom is 0.250 e. The number of benzene rings is 2. The lowest BCUT2D eigenvalue weighted by Crippen LogP contribution is -2.36. The van der Waals surface area contributed by atoms with Crippen molar-refractivity contribution in [1.82, 2.24) is 9.97 Å². The van der Waals surface area contributed by atoms with Gasteiger partial charge in [0.25, 0.3) is 0 Å². The molecular weight excluding hydrogens is 488 g/mol. The van der Waals surface area contributed by atoms with Crippen molar-refractivity contribution in [2.45, 2.75) is 16.3 Å². The highest BCUT2D eigenvalue weighted by Crippen LogP contribution is 2.51. The molecule has 4 aromatic rings. The molecule has 0 unspecified atom stereocenters. The third-order valence-corrected chi connectivity index (χ3v) is 7.39. The second kappa shape index (κ2) is 10.2. The Morgan fingerprint density at radius 2 is 1.92 bits per heavy atom. The number of ether oxygens (including phenoxy) is 3. The molecule has 0 amide bonds. The molecule has 2 aliphatic rings. The van der Waals surface area contributed by atoms with Crippen LogP contribution in [0.25, 0.3) is 11.3 Å². The molecule has 2 aromatic heterocycles. The number of fused-ring (bicyclic) bond motifs is 2. The summed E-state index contributed by atoms with van der Waals surface area (Å²) in [7, 11) is 1.61. The van der Waals surface area contributed by atoms with Crippen LogP contribution in [-0.4, -0.2) is 43.4 Å². The van der Waals surface area contributed by atoms with E-state index in [1.165, 1.54) is 0 Å². The van der Waals surface area contributed by atoms with Crippen molar-refractivity contribution >= 4 is 23.1 Å². The van der Waals surface area contributed by atoms with E-state index in [0.717, 1.165) is 62.7 Å². The number of pyridine rings is 2. The van der Waals surface area contributed by atoms with Crippen LogP contribution in [0.1, 0.15) is 5.69 Å². The second-order valence-corrected chi connectivity index (χ2v) is 9.82. The van der Waals surface area contributed by atoms with Crippen LogP contribution < -0.4 is 25.2 Å². The Hall–Kier alpha value is -3.95. The fraction of sp³-hybridized carbons (Fsp3) is 0.214. The van der Waals surface area contributed by atoms with Crippen LogP contribution >= 0.6 is 11.8 Å². The van der Waals surface area contributed by atoms with Gasteiger partial charge in [-0.2, -0.15) is 0 Å². The largest absolute Gasteiger partial charge is 0.481 e. The Labute approximate surface area is 218 Å². The van der Waals surface area contributed by atoms with E-state index in [2.05, 4.69) is 26.3 Å². The number of para-hydroxylation sites is 1. The molecule has 2 N–H and O–H groups in total. The maximum atomic E-state index is 12.6. The second-order valence-electron chi connectivity index (χ2n) is 8.74. The van der Waals surface area contributed by atoms with Gasteiger partial charge in [0.1, 0.15) is 5.75 Å². The molecule has 4 heterocycles. The van der Waals surface area contributed by atoms with E-state index in [9.17, 15) is 4.79 Å². The third-order valence-electron chi connectivity index (χ3n) is 6.31. The first-order valence-corrected chi connectivity index (χ1v) is 12.9. The number of anilines is 2. The molecule has 0 saturated carbocycles. The Kier molecular flexibility index (Phi) is 6.46. The molecule has 9 heteroatoms. The van der Waals surface area contributed by atoms with Gasteiger partial charge in [-0.25, -0.2) is 4.98 Å². The number of aromatic amines is 1. The molecule has 0 radical (unpaired) electrons. The Morgan fingerprint density at radius 3 is 2.78 bits per heavy atom. The number of nitrogens with one attached hydrogen (secondary N) is 2. The average Bonchev–Trinajstić information content (AvgIpc) is 2.95. The zero-order valence-electron chi connectivity index (χ0n) is 20.3. The van der Waals surface area contributed by atoms with E-state index >= 15 is 0 Å². The minimum Gasteiger partial charge on any atom is -0.481 e. The fourth-order valence-electron chi connectivity index (χ4n) is 4.46. The minimum absolute atomic E-state index is 0.137.